The van der Waals surface area contributed by atoms with Crippen LogP contribution in [0.3, 0.4) is 0 Å². The molecule has 4 rings (SSSR count). The van der Waals surface area contributed by atoms with Crippen molar-refractivity contribution in [2.45, 2.75) is 75.3 Å². The van der Waals surface area contributed by atoms with Crippen molar-refractivity contribution in [3.05, 3.63) is 12.2 Å². The number of esters is 1. The van der Waals surface area contributed by atoms with Crippen LogP contribution in [-0.4, -0.2) is 48.9 Å². The van der Waals surface area contributed by atoms with E-state index in [4.69, 9.17) is 9.47 Å². The molecular weight excluding hydrogens is 342 g/mol. The van der Waals surface area contributed by atoms with Gasteiger partial charge in [0.1, 0.15) is 0 Å². The summed E-state index contributed by atoms with van der Waals surface area (Å²) < 4.78 is 39.0. The summed E-state index contributed by atoms with van der Waals surface area (Å²) in [5, 5.41) is -0.220. The summed E-state index contributed by atoms with van der Waals surface area (Å²) in [4.78, 5) is 11.5. The van der Waals surface area contributed by atoms with Crippen molar-refractivity contribution in [1.82, 2.24) is 4.31 Å². The van der Waals surface area contributed by atoms with E-state index in [1.54, 1.807) is 6.92 Å². The molecule has 2 bridgehead atoms. The molecule has 0 aromatic heterocycles. The summed E-state index contributed by atoms with van der Waals surface area (Å²) in [5.74, 6) is -0.0325. The Morgan fingerprint density at radius 2 is 1.92 bits per heavy atom. The molecule has 140 valence electrons. The summed E-state index contributed by atoms with van der Waals surface area (Å²) in [6.45, 7) is 5.03. The average Bonchev–Trinajstić information content (AvgIpc) is 3.19. The molecule has 1 heterocycles. The van der Waals surface area contributed by atoms with Crippen LogP contribution in [0.5, 0.6) is 0 Å². The first-order chi connectivity index (χ1) is 11.9. The molecule has 1 aliphatic heterocycles. The van der Waals surface area contributed by atoms with Gasteiger partial charge in [0.2, 0.25) is 10.0 Å². The summed E-state index contributed by atoms with van der Waals surface area (Å²) in [5.41, 5.74) is 0.337. The van der Waals surface area contributed by atoms with Gasteiger partial charge in [-0.2, -0.15) is 4.31 Å². The predicted octanol–water partition coefficient (Wildman–Crippen LogP) is 2.20. The molecule has 0 spiro atoms. The number of rotatable bonds is 5. The van der Waals surface area contributed by atoms with Crippen LogP contribution in [0.2, 0.25) is 0 Å². The van der Waals surface area contributed by atoms with Crippen molar-refractivity contribution in [3.8, 4) is 0 Å². The van der Waals surface area contributed by atoms with E-state index in [0.717, 1.165) is 32.1 Å². The molecule has 25 heavy (non-hydrogen) atoms. The lowest BCUT2D eigenvalue weighted by atomic mass is 9.89. The Balaban J connectivity index is 1.51. The fraction of sp³-hybridized carbons (Fsp3) is 0.833. The van der Waals surface area contributed by atoms with Gasteiger partial charge in [0, 0.05) is 11.6 Å². The molecule has 5 unspecified atom stereocenters. The van der Waals surface area contributed by atoms with Crippen molar-refractivity contribution < 1.29 is 22.7 Å². The van der Waals surface area contributed by atoms with E-state index in [-0.39, 0.29) is 42.1 Å². The van der Waals surface area contributed by atoms with Gasteiger partial charge < -0.3 is 9.47 Å². The maximum absolute atomic E-state index is 13.1. The van der Waals surface area contributed by atoms with Crippen molar-refractivity contribution in [2.75, 3.05) is 6.79 Å². The average molecular weight is 369 g/mol. The lowest BCUT2D eigenvalue weighted by Crippen LogP contribution is -2.49. The second kappa shape index (κ2) is 6.35. The quantitative estimate of drug-likeness (QED) is 0.422. The SMILES string of the molecule is C=C(C)C(=O)OCOC1C2CC3C1N(C1CCCCC1)S(=O)(=O)C3C2. The Hall–Kier alpha value is -0.920. The van der Waals surface area contributed by atoms with Crippen molar-refractivity contribution in [2.24, 2.45) is 11.8 Å². The second-order valence-corrected chi connectivity index (χ2v) is 10.1. The van der Waals surface area contributed by atoms with E-state index in [2.05, 4.69) is 6.58 Å². The lowest BCUT2D eigenvalue weighted by molar-refractivity contribution is -0.161. The second-order valence-electron chi connectivity index (χ2n) is 8.05. The molecule has 3 saturated carbocycles. The fourth-order valence-corrected chi connectivity index (χ4v) is 8.29. The van der Waals surface area contributed by atoms with Gasteiger partial charge in [0.05, 0.1) is 17.4 Å². The molecule has 0 aromatic carbocycles. The smallest absolute Gasteiger partial charge is 0.335 e. The summed E-state index contributed by atoms with van der Waals surface area (Å²) in [6.07, 6.45) is 6.75. The largest absolute Gasteiger partial charge is 0.435 e. The molecule has 0 aromatic rings. The predicted molar refractivity (Wildman–Crippen MR) is 92.1 cm³/mol. The highest BCUT2D eigenvalue weighted by molar-refractivity contribution is 7.90. The Bertz CT molecular complexity index is 669. The van der Waals surface area contributed by atoms with Gasteiger partial charge in [-0.1, -0.05) is 25.8 Å². The molecule has 0 N–H and O–H groups in total. The molecule has 1 saturated heterocycles. The highest BCUT2D eigenvalue weighted by Crippen LogP contribution is 2.57. The number of hydrogen-bond acceptors (Lipinski definition) is 5. The molecule has 0 radical (unpaired) electrons. The number of hydrogen-bond donors (Lipinski definition) is 0. The lowest BCUT2D eigenvalue weighted by Gasteiger charge is -2.36. The number of fused-ring (bicyclic) bond motifs is 1. The monoisotopic (exact) mass is 369 g/mol. The molecule has 5 atom stereocenters. The zero-order valence-electron chi connectivity index (χ0n) is 14.7. The fourth-order valence-electron chi connectivity index (χ4n) is 5.53. The van der Waals surface area contributed by atoms with E-state index >= 15 is 0 Å². The van der Waals surface area contributed by atoms with Gasteiger partial charge in [-0.3, -0.25) is 0 Å². The molecule has 4 fully saturated rings. The molecule has 6 nitrogen and oxygen atoms in total. The molecule has 3 aliphatic carbocycles. The van der Waals surface area contributed by atoms with E-state index in [0.29, 0.717) is 12.0 Å². The Morgan fingerprint density at radius 3 is 2.60 bits per heavy atom. The third-order valence-corrected chi connectivity index (χ3v) is 8.97. The van der Waals surface area contributed by atoms with Crippen LogP contribution in [0.25, 0.3) is 0 Å². The zero-order valence-corrected chi connectivity index (χ0v) is 15.5. The zero-order chi connectivity index (χ0) is 17.8. The van der Waals surface area contributed by atoms with Gasteiger partial charge in [-0.05, 0) is 44.4 Å². The molecular formula is C18H27NO5S. The minimum absolute atomic E-state index is 0.0691. The number of carbonyl (C=O) groups excluding carboxylic acids is 1. The van der Waals surface area contributed by atoms with Crippen LogP contribution in [0.1, 0.15) is 51.9 Å². The standard InChI is InChI=1S/C18H27NO5S/c1-11(2)18(20)24-10-23-17-12-8-14-15(9-12)25(21,22)19(16(14)17)13-6-4-3-5-7-13/h12-17H,1,3-10H2,2H3. The maximum atomic E-state index is 13.1. The number of sulfonamides is 1. The Kier molecular flexibility index (Phi) is 4.45. The van der Waals surface area contributed by atoms with Gasteiger partial charge in [-0.25, -0.2) is 13.2 Å². The van der Waals surface area contributed by atoms with Crippen molar-refractivity contribution in [1.29, 1.82) is 0 Å². The number of nitrogens with zero attached hydrogens (tertiary/aromatic N) is 1. The minimum Gasteiger partial charge on any atom is -0.435 e. The highest BCUT2D eigenvalue weighted by Gasteiger charge is 2.67. The first-order valence-corrected chi connectivity index (χ1v) is 10.9. The minimum atomic E-state index is -3.23. The normalized spacial score (nSPS) is 39.6. The van der Waals surface area contributed by atoms with Crippen LogP contribution in [0.4, 0.5) is 0 Å². The van der Waals surface area contributed by atoms with Gasteiger partial charge >= 0.3 is 5.97 Å². The van der Waals surface area contributed by atoms with E-state index < -0.39 is 16.0 Å². The van der Waals surface area contributed by atoms with Gasteiger partial charge in [0.15, 0.2) is 6.79 Å². The van der Waals surface area contributed by atoms with Gasteiger partial charge in [-0.15, -0.1) is 0 Å². The van der Waals surface area contributed by atoms with Gasteiger partial charge in [0.25, 0.3) is 0 Å². The summed E-state index contributed by atoms with van der Waals surface area (Å²) in [7, 11) is -3.23. The Labute approximate surface area is 149 Å². The summed E-state index contributed by atoms with van der Waals surface area (Å²) in [6, 6.07) is 0.0533. The van der Waals surface area contributed by atoms with E-state index in [9.17, 15) is 13.2 Å². The van der Waals surface area contributed by atoms with E-state index in [1.165, 1.54) is 6.42 Å². The maximum Gasteiger partial charge on any atom is 0.335 e. The summed E-state index contributed by atoms with van der Waals surface area (Å²) >= 11 is 0. The number of ether oxygens (including phenoxy) is 2. The van der Waals surface area contributed by atoms with Crippen molar-refractivity contribution >= 4 is 16.0 Å². The first-order valence-electron chi connectivity index (χ1n) is 9.38. The molecule has 4 aliphatic rings. The highest BCUT2D eigenvalue weighted by atomic mass is 32.2. The van der Waals surface area contributed by atoms with Crippen LogP contribution in [0.15, 0.2) is 12.2 Å². The van der Waals surface area contributed by atoms with E-state index in [1.807, 2.05) is 4.31 Å². The van der Waals surface area contributed by atoms with Crippen LogP contribution < -0.4 is 0 Å². The van der Waals surface area contributed by atoms with Crippen molar-refractivity contribution in [3.63, 3.8) is 0 Å². The first kappa shape index (κ1) is 17.5. The molecule has 0 amide bonds. The van der Waals surface area contributed by atoms with Crippen LogP contribution in [0, 0.1) is 11.8 Å². The van der Waals surface area contributed by atoms with Crippen LogP contribution in [-0.2, 0) is 24.3 Å². The number of carbonyl (C=O) groups is 1. The van der Waals surface area contributed by atoms with Crippen LogP contribution >= 0.6 is 0 Å². The topological polar surface area (TPSA) is 72.9 Å². The molecule has 7 heteroatoms. The third-order valence-electron chi connectivity index (χ3n) is 6.53. The third kappa shape index (κ3) is 2.75. The Morgan fingerprint density at radius 1 is 1.20 bits per heavy atom.